The van der Waals surface area contributed by atoms with Gasteiger partial charge < -0.3 is 10.6 Å². The number of carbonyl (C=O) groups excluding carboxylic acids is 1. The first-order valence-corrected chi connectivity index (χ1v) is 7.42. The van der Waals surface area contributed by atoms with E-state index in [1.807, 2.05) is 24.3 Å². The zero-order valence-corrected chi connectivity index (χ0v) is 13.3. The molecule has 0 unspecified atom stereocenters. The summed E-state index contributed by atoms with van der Waals surface area (Å²) in [4.78, 5) is 11.8. The fourth-order valence-corrected chi connectivity index (χ4v) is 2.31. The molecule has 0 aliphatic rings. The second kappa shape index (κ2) is 7.54. The number of nitrogens with one attached hydrogen (secondary N) is 2. The summed E-state index contributed by atoms with van der Waals surface area (Å²) in [6, 6.07) is 11.8. The van der Waals surface area contributed by atoms with Gasteiger partial charge in [-0.1, -0.05) is 29.8 Å². The molecule has 3 nitrogen and oxygen atoms in total. The van der Waals surface area contributed by atoms with Gasteiger partial charge in [-0.15, -0.1) is 0 Å². The third kappa shape index (κ3) is 4.81. The number of para-hydroxylation sites is 1. The molecule has 2 N–H and O–H groups in total. The molecule has 6 heteroatoms. The molecule has 0 atom stereocenters. The van der Waals surface area contributed by atoms with Crippen LogP contribution in [0.5, 0.6) is 0 Å². The predicted octanol–water partition coefficient (Wildman–Crippen LogP) is 3.97. The van der Waals surface area contributed by atoms with Gasteiger partial charge in [0.05, 0.1) is 17.3 Å². The van der Waals surface area contributed by atoms with E-state index < -0.39 is 5.82 Å². The lowest BCUT2D eigenvalue weighted by atomic mass is 10.2. The van der Waals surface area contributed by atoms with E-state index in [0.717, 1.165) is 10.0 Å². The molecule has 0 saturated heterocycles. The topological polar surface area (TPSA) is 41.1 Å². The monoisotopic (exact) mass is 370 g/mol. The molecule has 2 aromatic carbocycles. The van der Waals surface area contributed by atoms with Crippen LogP contribution < -0.4 is 10.6 Å². The van der Waals surface area contributed by atoms with Crippen molar-refractivity contribution in [1.29, 1.82) is 0 Å². The minimum absolute atomic E-state index is 0.0759. The van der Waals surface area contributed by atoms with Gasteiger partial charge >= 0.3 is 0 Å². The fraction of sp³-hybridized carbons (Fsp3) is 0.133. The second-order valence-electron chi connectivity index (χ2n) is 4.38. The van der Waals surface area contributed by atoms with Crippen molar-refractivity contribution in [3.63, 3.8) is 0 Å². The van der Waals surface area contributed by atoms with Gasteiger partial charge in [-0.05, 0) is 45.8 Å². The van der Waals surface area contributed by atoms with Crippen molar-refractivity contribution < 1.29 is 9.18 Å². The Balaban J connectivity index is 1.82. The Morgan fingerprint density at radius 2 is 2.00 bits per heavy atom. The maximum atomic E-state index is 13.0. The average Bonchev–Trinajstić information content (AvgIpc) is 2.45. The van der Waals surface area contributed by atoms with Gasteiger partial charge in [0.2, 0.25) is 5.91 Å². The molecule has 0 fully saturated rings. The largest absolute Gasteiger partial charge is 0.324 e. The van der Waals surface area contributed by atoms with Crippen LogP contribution in [-0.2, 0) is 11.3 Å². The van der Waals surface area contributed by atoms with Crippen LogP contribution in [0.25, 0.3) is 0 Å². The van der Waals surface area contributed by atoms with Crippen LogP contribution in [0, 0.1) is 5.82 Å². The van der Waals surface area contributed by atoms with Gasteiger partial charge in [-0.2, -0.15) is 0 Å². The van der Waals surface area contributed by atoms with Crippen molar-refractivity contribution in [2.75, 3.05) is 11.9 Å². The van der Waals surface area contributed by atoms with E-state index >= 15 is 0 Å². The van der Waals surface area contributed by atoms with Gasteiger partial charge in [0.25, 0.3) is 0 Å². The first-order valence-electron chi connectivity index (χ1n) is 6.25. The highest BCUT2D eigenvalue weighted by atomic mass is 79.9. The normalized spacial score (nSPS) is 10.4. The number of carbonyl (C=O) groups is 1. The summed E-state index contributed by atoms with van der Waals surface area (Å²) in [7, 11) is 0. The fourth-order valence-electron chi connectivity index (χ4n) is 1.73. The molecule has 0 radical (unpaired) electrons. The van der Waals surface area contributed by atoms with Crippen molar-refractivity contribution in [2.24, 2.45) is 0 Å². The van der Waals surface area contributed by atoms with Crippen molar-refractivity contribution >= 4 is 39.1 Å². The summed E-state index contributed by atoms with van der Waals surface area (Å²) in [5.41, 5.74) is 1.53. The molecule has 110 valence electrons. The van der Waals surface area contributed by atoms with E-state index in [4.69, 9.17) is 11.6 Å². The van der Waals surface area contributed by atoms with Crippen LogP contribution in [0.4, 0.5) is 10.1 Å². The molecule has 21 heavy (non-hydrogen) atoms. The van der Waals surface area contributed by atoms with E-state index in [-0.39, 0.29) is 17.5 Å². The van der Waals surface area contributed by atoms with Crippen molar-refractivity contribution in [1.82, 2.24) is 5.32 Å². The van der Waals surface area contributed by atoms with Gasteiger partial charge in [0.15, 0.2) is 0 Å². The molecule has 0 saturated carbocycles. The Hall–Kier alpha value is -1.43. The van der Waals surface area contributed by atoms with Crippen LogP contribution in [0.15, 0.2) is 46.9 Å². The highest BCUT2D eigenvalue weighted by molar-refractivity contribution is 9.10. The van der Waals surface area contributed by atoms with Crippen LogP contribution in [-0.4, -0.2) is 12.5 Å². The lowest BCUT2D eigenvalue weighted by Gasteiger charge is -2.08. The maximum Gasteiger partial charge on any atom is 0.238 e. The second-order valence-corrected chi connectivity index (χ2v) is 5.64. The molecular weight excluding hydrogens is 359 g/mol. The molecule has 0 bridgehead atoms. The zero-order chi connectivity index (χ0) is 15.2. The third-order valence-corrected chi connectivity index (χ3v) is 3.73. The van der Waals surface area contributed by atoms with Gasteiger partial charge in [0, 0.05) is 11.0 Å². The Kier molecular flexibility index (Phi) is 5.73. The number of benzene rings is 2. The summed E-state index contributed by atoms with van der Waals surface area (Å²) in [6.07, 6.45) is 0. The number of hydrogen-bond acceptors (Lipinski definition) is 2. The molecule has 0 aliphatic heterocycles. The van der Waals surface area contributed by atoms with E-state index in [1.54, 1.807) is 6.07 Å². The smallest absolute Gasteiger partial charge is 0.238 e. The summed E-state index contributed by atoms with van der Waals surface area (Å²) in [5, 5.41) is 5.84. The van der Waals surface area contributed by atoms with Crippen LogP contribution in [0.3, 0.4) is 0 Å². The molecule has 2 rings (SSSR count). The lowest BCUT2D eigenvalue weighted by molar-refractivity contribution is -0.115. The van der Waals surface area contributed by atoms with E-state index in [2.05, 4.69) is 26.6 Å². The van der Waals surface area contributed by atoms with Gasteiger partial charge in [-0.25, -0.2) is 4.39 Å². The average molecular weight is 372 g/mol. The Labute approximate surface area is 135 Å². The van der Waals surface area contributed by atoms with Crippen LogP contribution in [0.1, 0.15) is 5.56 Å². The van der Waals surface area contributed by atoms with Gasteiger partial charge in [-0.3, -0.25) is 4.79 Å². The first-order chi connectivity index (χ1) is 10.1. The maximum absolute atomic E-state index is 13.0. The number of rotatable bonds is 5. The van der Waals surface area contributed by atoms with Crippen molar-refractivity contribution in [2.45, 2.75) is 6.54 Å². The van der Waals surface area contributed by atoms with Gasteiger partial charge in [0.1, 0.15) is 5.82 Å². The zero-order valence-electron chi connectivity index (χ0n) is 11.0. The first kappa shape index (κ1) is 15.9. The summed E-state index contributed by atoms with van der Waals surface area (Å²) < 4.78 is 13.8. The summed E-state index contributed by atoms with van der Waals surface area (Å²) in [6.45, 7) is 0.583. The molecular formula is C15H13BrClFN2O. The number of hydrogen-bond donors (Lipinski definition) is 2. The molecule has 2 aromatic rings. The molecule has 0 spiro atoms. The third-order valence-electron chi connectivity index (χ3n) is 2.75. The standard InChI is InChI=1S/C15H13BrClFN2O/c16-11-3-1-2-4-14(11)20-15(21)9-19-8-10-5-6-13(18)12(17)7-10/h1-7,19H,8-9H2,(H,20,21). The Morgan fingerprint density at radius 1 is 1.24 bits per heavy atom. The summed E-state index contributed by atoms with van der Waals surface area (Å²) in [5.74, 6) is -0.609. The molecule has 1 amide bonds. The van der Waals surface area contributed by atoms with Crippen LogP contribution >= 0.6 is 27.5 Å². The van der Waals surface area contributed by atoms with Crippen molar-refractivity contribution in [3.05, 3.63) is 63.3 Å². The quantitative estimate of drug-likeness (QED) is 0.835. The van der Waals surface area contributed by atoms with Crippen LogP contribution in [0.2, 0.25) is 5.02 Å². The number of halogens is 3. The highest BCUT2D eigenvalue weighted by Crippen LogP contribution is 2.20. The number of anilines is 1. The minimum atomic E-state index is -0.452. The van der Waals surface area contributed by atoms with E-state index in [0.29, 0.717) is 12.2 Å². The van der Waals surface area contributed by atoms with E-state index in [1.165, 1.54) is 12.1 Å². The predicted molar refractivity (Wildman–Crippen MR) is 85.9 cm³/mol. The molecule has 0 aromatic heterocycles. The summed E-state index contributed by atoms with van der Waals surface area (Å²) >= 11 is 9.05. The highest BCUT2D eigenvalue weighted by Gasteiger charge is 2.05. The lowest BCUT2D eigenvalue weighted by Crippen LogP contribution is -2.27. The van der Waals surface area contributed by atoms with Crippen molar-refractivity contribution in [3.8, 4) is 0 Å². The minimum Gasteiger partial charge on any atom is -0.324 e. The SMILES string of the molecule is O=C(CNCc1ccc(F)c(Cl)c1)Nc1ccccc1Br. The van der Waals surface area contributed by atoms with E-state index in [9.17, 15) is 9.18 Å². The number of amides is 1. The molecule has 0 aliphatic carbocycles. The molecule has 0 heterocycles. The Bertz CT molecular complexity index is 651. The Morgan fingerprint density at radius 3 is 2.71 bits per heavy atom.